The lowest BCUT2D eigenvalue weighted by Crippen LogP contribution is -2.32. The van der Waals surface area contributed by atoms with Gasteiger partial charge in [-0.05, 0) is 24.4 Å². The molecular formula is C17H17N3O2S. The Kier molecular flexibility index (Phi) is 3.85. The summed E-state index contributed by atoms with van der Waals surface area (Å²) in [7, 11) is 0. The molecule has 1 N–H and O–H groups in total. The van der Waals surface area contributed by atoms with Gasteiger partial charge in [0.15, 0.2) is 0 Å². The minimum Gasteiger partial charge on any atom is -0.493 e. The molecule has 2 unspecified atom stereocenters. The van der Waals surface area contributed by atoms with Crippen molar-refractivity contribution in [3.8, 4) is 16.5 Å². The first-order valence-electron chi connectivity index (χ1n) is 7.62. The minimum absolute atomic E-state index is 0.260. The van der Waals surface area contributed by atoms with Crippen molar-refractivity contribution in [2.45, 2.75) is 25.4 Å². The predicted octanol–water partition coefficient (Wildman–Crippen LogP) is 3.45. The van der Waals surface area contributed by atoms with Crippen molar-refractivity contribution < 1.29 is 9.15 Å². The number of aromatic nitrogens is 2. The topological polar surface area (TPSA) is 60.2 Å². The van der Waals surface area contributed by atoms with E-state index in [1.165, 1.54) is 5.56 Å². The van der Waals surface area contributed by atoms with Gasteiger partial charge in [-0.15, -0.1) is 21.5 Å². The third-order valence-corrected chi connectivity index (χ3v) is 4.97. The summed E-state index contributed by atoms with van der Waals surface area (Å²) < 4.78 is 11.5. The van der Waals surface area contributed by atoms with Crippen molar-refractivity contribution in [3.63, 3.8) is 0 Å². The number of nitrogens with one attached hydrogen (secondary N) is 1. The third kappa shape index (κ3) is 2.87. The fourth-order valence-electron chi connectivity index (χ4n) is 2.82. The Hall–Kier alpha value is -2.18. The molecule has 118 valence electrons. The van der Waals surface area contributed by atoms with Gasteiger partial charge in [0.05, 0.1) is 18.0 Å². The summed E-state index contributed by atoms with van der Waals surface area (Å²) >= 11 is 1.59. The van der Waals surface area contributed by atoms with Gasteiger partial charge in [-0.25, -0.2) is 0 Å². The number of para-hydroxylation sites is 1. The molecule has 1 aromatic carbocycles. The van der Waals surface area contributed by atoms with Crippen molar-refractivity contribution in [2.75, 3.05) is 6.61 Å². The molecular weight excluding hydrogens is 310 g/mol. The molecule has 0 aliphatic carbocycles. The second-order valence-corrected chi connectivity index (χ2v) is 6.55. The number of hydrogen-bond donors (Lipinski definition) is 1. The number of rotatable bonds is 5. The van der Waals surface area contributed by atoms with E-state index in [2.05, 4.69) is 34.6 Å². The van der Waals surface area contributed by atoms with Crippen LogP contribution in [-0.2, 0) is 6.54 Å². The zero-order valence-corrected chi connectivity index (χ0v) is 13.5. The first-order chi connectivity index (χ1) is 11.3. The molecule has 4 rings (SSSR count). The Morgan fingerprint density at radius 3 is 3.04 bits per heavy atom. The van der Waals surface area contributed by atoms with Crippen molar-refractivity contribution in [1.29, 1.82) is 0 Å². The summed E-state index contributed by atoms with van der Waals surface area (Å²) in [6.45, 7) is 3.42. The Morgan fingerprint density at radius 1 is 1.26 bits per heavy atom. The molecule has 3 aromatic rings. The summed E-state index contributed by atoms with van der Waals surface area (Å²) in [6, 6.07) is 12.4. The van der Waals surface area contributed by atoms with Crippen LogP contribution in [0.2, 0.25) is 0 Å². The van der Waals surface area contributed by atoms with Gasteiger partial charge in [0, 0.05) is 17.5 Å². The highest BCUT2D eigenvalue weighted by atomic mass is 32.1. The zero-order chi connectivity index (χ0) is 15.6. The van der Waals surface area contributed by atoms with Gasteiger partial charge in [0.25, 0.3) is 5.89 Å². The van der Waals surface area contributed by atoms with Crippen LogP contribution in [0, 0.1) is 0 Å². The van der Waals surface area contributed by atoms with Crippen LogP contribution in [0.5, 0.6) is 5.75 Å². The molecule has 5 nitrogen and oxygen atoms in total. The van der Waals surface area contributed by atoms with E-state index < -0.39 is 0 Å². The molecule has 0 fully saturated rings. The summed E-state index contributed by atoms with van der Waals surface area (Å²) in [5, 5.41) is 13.7. The number of ether oxygens (including phenoxy) is 1. The van der Waals surface area contributed by atoms with Gasteiger partial charge in [0.2, 0.25) is 5.89 Å². The predicted molar refractivity (Wildman–Crippen MR) is 88.6 cm³/mol. The molecule has 0 saturated heterocycles. The third-order valence-electron chi connectivity index (χ3n) is 4.11. The summed E-state index contributed by atoms with van der Waals surface area (Å²) in [5.41, 5.74) is 1.26. The van der Waals surface area contributed by atoms with E-state index in [1.54, 1.807) is 11.3 Å². The molecule has 0 bridgehead atoms. The van der Waals surface area contributed by atoms with E-state index >= 15 is 0 Å². The zero-order valence-electron chi connectivity index (χ0n) is 12.7. The molecule has 0 saturated carbocycles. The standard InChI is InChI=1S/C17H17N3O2S/c1-11(13-10-21-14-6-3-2-5-12(13)14)18-9-16-19-20-17(22-16)15-7-4-8-23-15/h2-8,11,13,18H,9-10H2,1H3. The van der Waals surface area contributed by atoms with Gasteiger partial charge >= 0.3 is 0 Å². The van der Waals surface area contributed by atoms with Gasteiger partial charge < -0.3 is 14.5 Å². The highest BCUT2D eigenvalue weighted by Gasteiger charge is 2.28. The van der Waals surface area contributed by atoms with Crippen LogP contribution < -0.4 is 10.1 Å². The lowest BCUT2D eigenvalue weighted by molar-refractivity contribution is 0.300. The summed E-state index contributed by atoms with van der Waals surface area (Å²) in [4.78, 5) is 0.995. The van der Waals surface area contributed by atoms with Gasteiger partial charge in [0.1, 0.15) is 5.75 Å². The fourth-order valence-corrected chi connectivity index (χ4v) is 3.46. The first kappa shape index (κ1) is 14.4. The Balaban J connectivity index is 1.40. The molecule has 6 heteroatoms. The molecule has 0 radical (unpaired) electrons. The molecule has 1 aliphatic rings. The van der Waals surface area contributed by atoms with E-state index in [1.807, 2.05) is 29.6 Å². The second kappa shape index (κ2) is 6.14. The first-order valence-corrected chi connectivity index (χ1v) is 8.50. The molecule has 2 aromatic heterocycles. The van der Waals surface area contributed by atoms with Gasteiger partial charge in [-0.1, -0.05) is 24.3 Å². The maximum atomic E-state index is 5.75. The van der Waals surface area contributed by atoms with Crippen LogP contribution >= 0.6 is 11.3 Å². The quantitative estimate of drug-likeness (QED) is 0.778. The fraction of sp³-hybridized carbons (Fsp3) is 0.294. The molecule has 23 heavy (non-hydrogen) atoms. The van der Waals surface area contributed by atoms with E-state index in [0.29, 0.717) is 30.9 Å². The number of benzene rings is 1. The van der Waals surface area contributed by atoms with Crippen molar-refractivity contribution in [1.82, 2.24) is 15.5 Å². The second-order valence-electron chi connectivity index (χ2n) is 5.60. The maximum absolute atomic E-state index is 5.75. The maximum Gasteiger partial charge on any atom is 0.257 e. The number of thiophene rings is 1. The van der Waals surface area contributed by atoms with Crippen molar-refractivity contribution >= 4 is 11.3 Å². The number of nitrogens with zero attached hydrogens (tertiary/aromatic N) is 2. The summed E-state index contributed by atoms with van der Waals surface area (Å²) in [5.74, 6) is 2.52. The lowest BCUT2D eigenvalue weighted by atomic mass is 9.94. The van der Waals surface area contributed by atoms with E-state index in [4.69, 9.17) is 9.15 Å². The van der Waals surface area contributed by atoms with Crippen LogP contribution in [0.25, 0.3) is 10.8 Å². The van der Waals surface area contributed by atoms with Crippen LogP contribution in [0.15, 0.2) is 46.2 Å². The molecule has 2 atom stereocenters. The van der Waals surface area contributed by atoms with Crippen LogP contribution in [0.3, 0.4) is 0 Å². The van der Waals surface area contributed by atoms with E-state index in [9.17, 15) is 0 Å². The normalized spacial score (nSPS) is 17.7. The summed E-state index contributed by atoms with van der Waals surface area (Å²) in [6.07, 6.45) is 0. The molecule has 0 spiro atoms. The Labute approximate surface area is 138 Å². The van der Waals surface area contributed by atoms with E-state index in [0.717, 1.165) is 10.6 Å². The number of fused-ring (bicyclic) bond motifs is 1. The largest absolute Gasteiger partial charge is 0.493 e. The van der Waals surface area contributed by atoms with Crippen LogP contribution in [-0.4, -0.2) is 22.8 Å². The van der Waals surface area contributed by atoms with Crippen LogP contribution in [0.4, 0.5) is 0 Å². The van der Waals surface area contributed by atoms with Crippen molar-refractivity contribution in [3.05, 3.63) is 53.2 Å². The number of hydrogen-bond acceptors (Lipinski definition) is 6. The highest BCUT2D eigenvalue weighted by molar-refractivity contribution is 7.13. The smallest absolute Gasteiger partial charge is 0.257 e. The van der Waals surface area contributed by atoms with E-state index in [-0.39, 0.29) is 6.04 Å². The molecule has 1 aliphatic heterocycles. The van der Waals surface area contributed by atoms with Crippen molar-refractivity contribution in [2.24, 2.45) is 0 Å². The average Bonchev–Trinajstić information content (AvgIpc) is 3.31. The molecule has 0 amide bonds. The van der Waals surface area contributed by atoms with Gasteiger partial charge in [-0.2, -0.15) is 0 Å². The SMILES string of the molecule is CC(NCc1nnc(-c2cccs2)o1)C1COc2ccccc21. The minimum atomic E-state index is 0.260. The molecule has 3 heterocycles. The van der Waals surface area contributed by atoms with Gasteiger partial charge in [-0.3, -0.25) is 0 Å². The lowest BCUT2D eigenvalue weighted by Gasteiger charge is -2.18. The Morgan fingerprint density at radius 2 is 2.17 bits per heavy atom. The highest BCUT2D eigenvalue weighted by Crippen LogP contribution is 2.35. The average molecular weight is 327 g/mol. The Bertz CT molecular complexity index is 785. The monoisotopic (exact) mass is 327 g/mol. The van der Waals surface area contributed by atoms with Crippen LogP contribution in [0.1, 0.15) is 24.3 Å².